The maximum Gasteiger partial charge on any atom is 0.277 e. The zero-order valence-corrected chi connectivity index (χ0v) is 16.3. The summed E-state index contributed by atoms with van der Waals surface area (Å²) in [5.41, 5.74) is 3.31. The van der Waals surface area contributed by atoms with Crippen LogP contribution in [0.5, 0.6) is 5.75 Å². The summed E-state index contributed by atoms with van der Waals surface area (Å²) in [5, 5.41) is 3.89. The van der Waals surface area contributed by atoms with Crippen molar-refractivity contribution in [1.82, 2.24) is 9.99 Å². The molecular formula is C14H12Br3N3O2. The highest BCUT2D eigenvalue weighted by molar-refractivity contribution is 9.11. The van der Waals surface area contributed by atoms with E-state index < -0.39 is 0 Å². The van der Waals surface area contributed by atoms with Crippen LogP contribution in [0.3, 0.4) is 0 Å². The van der Waals surface area contributed by atoms with Crippen molar-refractivity contribution in [2.75, 3.05) is 6.61 Å². The van der Waals surface area contributed by atoms with E-state index in [0.717, 1.165) is 19.1 Å². The van der Waals surface area contributed by atoms with Gasteiger partial charge in [0.1, 0.15) is 5.75 Å². The van der Waals surface area contributed by atoms with Crippen molar-refractivity contribution in [1.29, 1.82) is 0 Å². The molecule has 0 spiro atoms. The minimum atomic E-state index is -0.341. The van der Waals surface area contributed by atoms with Gasteiger partial charge in [-0.05, 0) is 56.1 Å². The second-order valence-corrected chi connectivity index (χ2v) is 6.95. The lowest BCUT2D eigenvalue weighted by atomic mass is 10.3. The number of benzene rings is 1. The van der Waals surface area contributed by atoms with Gasteiger partial charge >= 0.3 is 0 Å². The first kappa shape index (κ1) is 17.2. The van der Waals surface area contributed by atoms with Crippen molar-refractivity contribution < 1.29 is 9.53 Å². The van der Waals surface area contributed by atoms with Gasteiger partial charge in [0.15, 0.2) is 6.61 Å². The molecule has 0 fully saturated rings. The summed E-state index contributed by atoms with van der Waals surface area (Å²) in [4.78, 5) is 11.7. The number of carbonyl (C=O) groups is 1. The Balaban J connectivity index is 1.88. The van der Waals surface area contributed by atoms with E-state index in [0.29, 0.717) is 5.75 Å². The van der Waals surface area contributed by atoms with E-state index in [4.69, 9.17) is 4.74 Å². The molecule has 0 radical (unpaired) electrons. The lowest BCUT2D eigenvalue weighted by Crippen LogP contribution is -2.24. The second-order valence-electron chi connectivity index (χ2n) is 4.32. The Labute approximate surface area is 153 Å². The minimum absolute atomic E-state index is 0.136. The fourth-order valence-electron chi connectivity index (χ4n) is 1.62. The predicted octanol–water partition coefficient (Wildman–Crippen LogP) is 3.84. The van der Waals surface area contributed by atoms with Crippen molar-refractivity contribution >= 4 is 59.9 Å². The SMILES string of the molecule is Cn1cccc1C=NNC(=O)COc1c(Br)cc(Br)cc1Br. The van der Waals surface area contributed by atoms with E-state index in [1.165, 1.54) is 0 Å². The van der Waals surface area contributed by atoms with Gasteiger partial charge < -0.3 is 9.30 Å². The zero-order valence-electron chi connectivity index (χ0n) is 11.5. The third-order valence-electron chi connectivity index (χ3n) is 2.68. The Morgan fingerprint density at radius 3 is 2.64 bits per heavy atom. The number of carbonyl (C=O) groups excluding carboxylic acids is 1. The predicted molar refractivity (Wildman–Crippen MR) is 96.2 cm³/mol. The maximum absolute atomic E-state index is 11.7. The average molecular weight is 494 g/mol. The highest BCUT2D eigenvalue weighted by Gasteiger charge is 2.10. The number of ether oxygens (including phenoxy) is 1. The van der Waals surface area contributed by atoms with E-state index in [-0.39, 0.29) is 12.5 Å². The molecule has 5 nitrogen and oxygen atoms in total. The number of nitrogens with one attached hydrogen (secondary N) is 1. The number of hydrazone groups is 1. The minimum Gasteiger partial charge on any atom is -0.481 e. The van der Waals surface area contributed by atoms with Gasteiger partial charge in [-0.25, -0.2) is 5.43 Å². The molecule has 8 heteroatoms. The van der Waals surface area contributed by atoms with E-state index in [1.807, 2.05) is 42.1 Å². The third-order valence-corrected chi connectivity index (χ3v) is 4.32. The number of halogens is 3. The van der Waals surface area contributed by atoms with Gasteiger partial charge in [-0.15, -0.1) is 0 Å². The van der Waals surface area contributed by atoms with Gasteiger partial charge in [-0.3, -0.25) is 4.79 Å². The molecule has 1 N–H and O–H groups in total. The fraction of sp³-hybridized carbons (Fsp3) is 0.143. The highest BCUT2D eigenvalue weighted by Crippen LogP contribution is 2.36. The molecule has 1 heterocycles. The molecule has 1 amide bonds. The molecule has 0 aliphatic carbocycles. The Kier molecular flexibility index (Phi) is 6.22. The Morgan fingerprint density at radius 1 is 1.36 bits per heavy atom. The number of nitrogens with zero attached hydrogens (tertiary/aromatic N) is 2. The van der Waals surface area contributed by atoms with Crippen molar-refractivity contribution in [3.05, 3.63) is 49.6 Å². The summed E-state index contributed by atoms with van der Waals surface area (Å²) in [5.74, 6) is 0.219. The van der Waals surface area contributed by atoms with Crippen LogP contribution in [0, 0.1) is 0 Å². The molecule has 1 aromatic carbocycles. The van der Waals surface area contributed by atoms with Crippen molar-refractivity contribution in [2.24, 2.45) is 12.1 Å². The maximum atomic E-state index is 11.7. The second kappa shape index (κ2) is 7.94. The molecule has 2 aromatic rings. The topological polar surface area (TPSA) is 55.6 Å². The molecule has 22 heavy (non-hydrogen) atoms. The van der Waals surface area contributed by atoms with Crippen LogP contribution in [0.25, 0.3) is 0 Å². The lowest BCUT2D eigenvalue weighted by molar-refractivity contribution is -0.123. The summed E-state index contributed by atoms with van der Waals surface area (Å²) >= 11 is 10.1. The molecule has 0 unspecified atom stereocenters. The van der Waals surface area contributed by atoms with Crippen LogP contribution < -0.4 is 10.2 Å². The van der Waals surface area contributed by atoms with Gasteiger partial charge in [0.25, 0.3) is 5.91 Å². The average Bonchev–Trinajstić information content (AvgIpc) is 2.83. The van der Waals surface area contributed by atoms with E-state index >= 15 is 0 Å². The third kappa shape index (κ3) is 4.69. The summed E-state index contributed by atoms with van der Waals surface area (Å²) < 4.78 is 9.77. The molecule has 0 aliphatic heterocycles. The first-order valence-corrected chi connectivity index (χ1v) is 8.56. The van der Waals surface area contributed by atoms with Crippen LogP contribution in [0.2, 0.25) is 0 Å². The Morgan fingerprint density at radius 2 is 2.05 bits per heavy atom. The van der Waals surface area contributed by atoms with Crippen molar-refractivity contribution in [3.63, 3.8) is 0 Å². The van der Waals surface area contributed by atoms with Gasteiger partial charge in [0, 0.05) is 17.7 Å². The van der Waals surface area contributed by atoms with Crippen LogP contribution in [-0.4, -0.2) is 23.3 Å². The quantitative estimate of drug-likeness (QED) is 0.508. The summed E-state index contributed by atoms with van der Waals surface area (Å²) in [7, 11) is 1.90. The highest BCUT2D eigenvalue weighted by atomic mass is 79.9. The van der Waals surface area contributed by atoms with Gasteiger partial charge in [-0.2, -0.15) is 5.10 Å². The number of aromatic nitrogens is 1. The van der Waals surface area contributed by atoms with Gasteiger partial charge in [0.05, 0.1) is 20.9 Å². The van der Waals surface area contributed by atoms with Crippen LogP contribution in [0.15, 0.2) is 49.0 Å². The summed E-state index contributed by atoms with van der Waals surface area (Å²) in [6, 6.07) is 7.47. The zero-order chi connectivity index (χ0) is 16.1. The van der Waals surface area contributed by atoms with Gasteiger partial charge in [-0.1, -0.05) is 15.9 Å². The largest absolute Gasteiger partial charge is 0.481 e. The standard InChI is InChI=1S/C14H12Br3N3O2/c1-20-4-2-3-10(20)7-18-19-13(21)8-22-14-11(16)5-9(15)6-12(14)17/h2-7H,8H2,1H3,(H,19,21). The summed E-state index contributed by atoms with van der Waals surface area (Å²) in [6.07, 6.45) is 3.47. The van der Waals surface area contributed by atoms with Crippen LogP contribution in [-0.2, 0) is 11.8 Å². The molecule has 0 bridgehead atoms. The van der Waals surface area contributed by atoms with Crippen LogP contribution >= 0.6 is 47.8 Å². The Hall–Kier alpha value is -1.12. The molecule has 1 aromatic heterocycles. The number of hydrogen-bond acceptors (Lipinski definition) is 3. The smallest absolute Gasteiger partial charge is 0.277 e. The van der Waals surface area contributed by atoms with Crippen molar-refractivity contribution in [3.8, 4) is 5.75 Å². The molecule has 2 rings (SSSR count). The van der Waals surface area contributed by atoms with Gasteiger partial charge in [0.2, 0.25) is 0 Å². The van der Waals surface area contributed by atoms with Crippen LogP contribution in [0.1, 0.15) is 5.69 Å². The van der Waals surface area contributed by atoms with E-state index in [1.54, 1.807) is 6.21 Å². The monoisotopic (exact) mass is 491 g/mol. The molecule has 0 saturated carbocycles. The number of hydrogen-bond donors (Lipinski definition) is 1. The number of rotatable bonds is 5. The molecule has 0 saturated heterocycles. The molecule has 116 valence electrons. The van der Waals surface area contributed by atoms with E-state index in [2.05, 4.69) is 58.3 Å². The lowest BCUT2D eigenvalue weighted by Gasteiger charge is -2.09. The number of aryl methyl sites for hydroxylation is 1. The summed E-state index contributed by atoms with van der Waals surface area (Å²) in [6.45, 7) is -0.136. The molecule has 0 aliphatic rings. The first-order valence-electron chi connectivity index (χ1n) is 6.18. The first-order chi connectivity index (χ1) is 10.5. The molecular weight excluding hydrogens is 482 g/mol. The fourth-order valence-corrected chi connectivity index (χ4v) is 4.10. The van der Waals surface area contributed by atoms with Crippen LogP contribution in [0.4, 0.5) is 0 Å². The van der Waals surface area contributed by atoms with E-state index in [9.17, 15) is 4.79 Å². The van der Waals surface area contributed by atoms with Crippen molar-refractivity contribution in [2.45, 2.75) is 0 Å². The number of amides is 1. The Bertz CT molecular complexity index is 690. The normalized spacial score (nSPS) is 10.9. The molecule has 0 atom stereocenters.